The molecule has 0 atom stereocenters. The fourth-order valence-electron chi connectivity index (χ4n) is 7.09. The number of aromatic amines is 1. The average Bonchev–Trinajstić information content (AvgIpc) is 3.73. The summed E-state index contributed by atoms with van der Waals surface area (Å²) in [4.78, 5) is 14.3. The average molecular weight is 562 g/mol. The van der Waals surface area contributed by atoms with Gasteiger partial charge in [-0.15, -0.1) is 0 Å². The summed E-state index contributed by atoms with van der Waals surface area (Å²) in [7, 11) is 0. The Kier molecular flexibility index (Phi) is 9.83. The Morgan fingerprint density at radius 2 is 1.15 bits per heavy atom. The van der Waals surface area contributed by atoms with Gasteiger partial charge in [-0.1, -0.05) is 48.5 Å². The Bertz CT molecular complexity index is 1680. The minimum Gasteiger partial charge on any atom is -0.354 e. The number of H-pyrrole nitrogens is 1. The zero-order valence-corrected chi connectivity index (χ0v) is 27.6. The van der Waals surface area contributed by atoms with E-state index in [-0.39, 0.29) is 17.4 Å². The summed E-state index contributed by atoms with van der Waals surface area (Å²) in [6.07, 6.45) is 13.5. The molecule has 0 fully saturated rings. The van der Waals surface area contributed by atoms with Crippen molar-refractivity contribution in [2.75, 3.05) is 0 Å². The highest BCUT2D eigenvalue weighted by atomic mass is 27.0. The van der Waals surface area contributed by atoms with Crippen LogP contribution < -0.4 is 0 Å². The molecule has 3 radical (unpaired) electrons. The molecular formula is C36H46AlN4. The SMILES string of the molecule is CCC1=Cc2cc3nc(cc4c(CC)c(CC)c(c(CC)c5[nH]c(c(CC)c1n2)c(CC)c5CC)n4CC)C=C3.[Al]. The van der Waals surface area contributed by atoms with Gasteiger partial charge in [0.05, 0.1) is 22.8 Å². The van der Waals surface area contributed by atoms with Crippen LogP contribution in [-0.4, -0.2) is 36.9 Å². The molecule has 213 valence electrons. The first kappa shape index (κ1) is 31.1. The van der Waals surface area contributed by atoms with Crippen molar-refractivity contribution in [1.29, 1.82) is 0 Å². The number of hydrogen-bond acceptors (Lipinski definition) is 2. The number of nitrogens with zero attached hydrogens (tertiary/aromatic N) is 3. The van der Waals surface area contributed by atoms with E-state index in [0.29, 0.717) is 0 Å². The van der Waals surface area contributed by atoms with Crippen LogP contribution >= 0.6 is 0 Å². The molecule has 0 unspecified atom stereocenters. The van der Waals surface area contributed by atoms with E-state index >= 15 is 0 Å². The van der Waals surface area contributed by atoms with E-state index in [1.165, 1.54) is 61.0 Å². The van der Waals surface area contributed by atoms with E-state index in [1.807, 2.05) is 0 Å². The molecule has 41 heavy (non-hydrogen) atoms. The number of rotatable bonds is 8. The van der Waals surface area contributed by atoms with Crippen molar-refractivity contribution in [2.45, 2.75) is 107 Å². The number of fused-ring (bicyclic) bond motifs is 8. The van der Waals surface area contributed by atoms with Gasteiger partial charge in [0.1, 0.15) is 0 Å². The maximum Gasteiger partial charge on any atom is 0.0722 e. The maximum absolute atomic E-state index is 5.22. The molecule has 1 N–H and O–H groups in total. The van der Waals surface area contributed by atoms with Crippen LogP contribution in [0.15, 0.2) is 12.1 Å². The Morgan fingerprint density at radius 1 is 0.585 bits per heavy atom. The standard InChI is InChI=1S/C36H46N4.Al/c1-9-22-19-25-20-23-17-18-24(37-23)21-32-26(10-2)29(13-5)36(40(32)16-8)31(15-7)35-28(12-4)27(11-3)34(39-35)30(14-6)33(22)38-25;/h17-21,39H,9-16H2,1-8H3;. The number of aryl methyl sites for hydroxylation is 7. The molecule has 5 heteroatoms. The summed E-state index contributed by atoms with van der Waals surface area (Å²) >= 11 is 0. The maximum atomic E-state index is 5.22. The molecule has 4 nitrogen and oxygen atoms in total. The first-order valence-electron chi connectivity index (χ1n) is 15.7. The predicted octanol–water partition coefficient (Wildman–Crippen LogP) is 8.92. The summed E-state index contributed by atoms with van der Waals surface area (Å²) in [6.45, 7) is 19.3. The third kappa shape index (κ3) is 5.17. The number of nitrogens with one attached hydrogen (secondary N) is 1. The monoisotopic (exact) mass is 561 g/mol. The lowest BCUT2D eigenvalue weighted by molar-refractivity contribution is 0.816. The molecule has 8 bridgehead atoms. The van der Waals surface area contributed by atoms with Crippen LogP contribution in [0, 0.1) is 0 Å². The number of aromatic nitrogens is 4. The van der Waals surface area contributed by atoms with Crippen molar-refractivity contribution in [2.24, 2.45) is 0 Å². The molecule has 3 aromatic rings. The molecule has 5 heterocycles. The highest BCUT2D eigenvalue weighted by molar-refractivity contribution is 5.90. The quantitative estimate of drug-likeness (QED) is 0.218. The fraction of sp³-hybridized carbons (Fsp3) is 0.444. The van der Waals surface area contributed by atoms with E-state index in [4.69, 9.17) is 9.97 Å². The lowest BCUT2D eigenvalue weighted by Gasteiger charge is -2.09. The van der Waals surface area contributed by atoms with Crippen LogP contribution in [0.4, 0.5) is 0 Å². The number of allylic oxidation sites excluding steroid dienone is 1. The highest BCUT2D eigenvalue weighted by Crippen LogP contribution is 2.36. The molecule has 0 spiro atoms. The Hall–Kier alpha value is -2.87. The van der Waals surface area contributed by atoms with Crippen LogP contribution in [0.25, 0.3) is 45.9 Å². The second-order valence-electron chi connectivity index (χ2n) is 10.8. The molecule has 2 aliphatic rings. The summed E-state index contributed by atoms with van der Waals surface area (Å²) in [5.41, 5.74) is 19.4. The second-order valence-corrected chi connectivity index (χ2v) is 10.8. The minimum atomic E-state index is 0. The molecule has 0 aromatic carbocycles. The van der Waals surface area contributed by atoms with Crippen molar-refractivity contribution in [3.05, 3.63) is 68.3 Å². The molecule has 0 aliphatic carbocycles. The van der Waals surface area contributed by atoms with Gasteiger partial charge in [-0.05, 0) is 116 Å². The van der Waals surface area contributed by atoms with Gasteiger partial charge in [-0.2, -0.15) is 0 Å². The first-order valence-corrected chi connectivity index (χ1v) is 15.7. The zero-order valence-electron chi connectivity index (χ0n) is 26.5. The van der Waals surface area contributed by atoms with Crippen LogP contribution in [0.3, 0.4) is 0 Å². The molecule has 0 saturated heterocycles. The van der Waals surface area contributed by atoms with Crippen LogP contribution in [0.5, 0.6) is 0 Å². The minimum absolute atomic E-state index is 0. The summed E-state index contributed by atoms with van der Waals surface area (Å²) in [5, 5.41) is 0. The molecule has 0 amide bonds. The largest absolute Gasteiger partial charge is 0.354 e. The summed E-state index contributed by atoms with van der Waals surface area (Å²) < 4.78 is 2.57. The van der Waals surface area contributed by atoms with Crippen molar-refractivity contribution in [1.82, 2.24) is 19.5 Å². The zero-order chi connectivity index (χ0) is 28.6. The van der Waals surface area contributed by atoms with Gasteiger partial charge >= 0.3 is 0 Å². The van der Waals surface area contributed by atoms with Crippen molar-refractivity contribution in [3.63, 3.8) is 0 Å². The van der Waals surface area contributed by atoms with Gasteiger partial charge in [0.2, 0.25) is 0 Å². The Labute approximate surface area is 257 Å². The van der Waals surface area contributed by atoms with Gasteiger partial charge in [-0.25, -0.2) is 9.97 Å². The number of hydrogen-bond donors (Lipinski definition) is 1. The van der Waals surface area contributed by atoms with E-state index in [1.54, 1.807) is 0 Å². The van der Waals surface area contributed by atoms with Crippen LogP contribution in [0.1, 0.15) is 118 Å². The lowest BCUT2D eigenvalue weighted by atomic mass is 9.97. The lowest BCUT2D eigenvalue weighted by Crippen LogP contribution is -1.99. The van der Waals surface area contributed by atoms with Crippen LogP contribution in [-0.2, 0) is 45.1 Å². The van der Waals surface area contributed by atoms with Gasteiger partial charge in [-0.3, -0.25) is 0 Å². The normalized spacial score (nSPS) is 12.5. The Balaban J connectivity index is 0.00000387. The van der Waals surface area contributed by atoms with Gasteiger partial charge in [0, 0.05) is 51.5 Å². The van der Waals surface area contributed by atoms with Crippen LogP contribution in [0.2, 0.25) is 0 Å². The topological polar surface area (TPSA) is 46.5 Å². The fourth-order valence-corrected chi connectivity index (χ4v) is 7.09. The first-order chi connectivity index (χ1) is 19.5. The third-order valence-corrected chi connectivity index (χ3v) is 8.86. The smallest absolute Gasteiger partial charge is 0.0722 e. The molecular weight excluding hydrogens is 515 g/mol. The van der Waals surface area contributed by atoms with E-state index in [2.05, 4.69) is 95.3 Å². The van der Waals surface area contributed by atoms with E-state index < -0.39 is 0 Å². The van der Waals surface area contributed by atoms with E-state index in [0.717, 1.165) is 74.3 Å². The molecule has 0 saturated carbocycles. The molecule has 5 rings (SSSR count). The van der Waals surface area contributed by atoms with Gasteiger partial charge in [0.15, 0.2) is 0 Å². The predicted molar refractivity (Wildman–Crippen MR) is 179 cm³/mol. The Morgan fingerprint density at radius 3 is 1.68 bits per heavy atom. The summed E-state index contributed by atoms with van der Waals surface area (Å²) in [6, 6.07) is 4.45. The highest BCUT2D eigenvalue weighted by Gasteiger charge is 2.22. The van der Waals surface area contributed by atoms with Crippen molar-refractivity contribution >= 4 is 63.2 Å². The third-order valence-electron chi connectivity index (χ3n) is 8.86. The summed E-state index contributed by atoms with van der Waals surface area (Å²) in [5.74, 6) is 0. The van der Waals surface area contributed by atoms with Crippen molar-refractivity contribution in [3.8, 4) is 0 Å². The van der Waals surface area contributed by atoms with Crippen molar-refractivity contribution < 1.29 is 0 Å². The second kappa shape index (κ2) is 13.0. The van der Waals surface area contributed by atoms with Gasteiger partial charge in [0.25, 0.3) is 0 Å². The molecule has 2 aliphatic heterocycles. The molecule has 3 aromatic heterocycles. The van der Waals surface area contributed by atoms with E-state index in [9.17, 15) is 0 Å². The van der Waals surface area contributed by atoms with Gasteiger partial charge < -0.3 is 9.55 Å².